The second kappa shape index (κ2) is 6.81. The first-order valence-electron chi connectivity index (χ1n) is 7.02. The van der Waals surface area contributed by atoms with Gasteiger partial charge < -0.3 is 10.2 Å². The van der Waals surface area contributed by atoms with E-state index in [0.29, 0.717) is 17.7 Å². The van der Waals surface area contributed by atoms with E-state index in [1.54, 1.807) is 31.0 Å². The molecule has 1 aromatic rings. The van der Waals surface area contributed by atoms with Crippen LogP contribution in [0.2, 0.25) is 0 Å². The smallest absolute Gasteiger partial charge is 0.253 e. The van der Waals surface area contributed by atoms with Gasteiger partial charge in [0.25, 0.3) is 5.91 Å². The van der Waals surface area contributed by atoms with E-state index >= 15 is 0 Å². The molecule has 0 radical (unpaired) electrons. The normalized spacial score (nSPS) is 16.1. The summed E-state index contributed by atoms with van der Waals surface area (Å²) in [6, 6.07) is 4.51. The summed E-state index contributed by atoms with van der Waals surface area (Å²) in [4.78, 5) is 16.3. The van der Waals surface area contributed by atoms with Crippen molar-refractivity contribution in [1.29, 1.82) is 0 Å². The van der Waals surface area contributed by atoms with Crippen LogP contribution in [0.5, 0.6) is 0 Å². The van der Waals surface area contributed by atoms with Gasteiger partial charge in [-0.05, 0) is 30.7 Å². The zero-order valence-electron chi connectivity index (χ0n) is 12.2. The van der Waals surface area contributed by atoms with Crippen molar-refractivity contribution in [3.05, 3.63) is 35.1 Å². The van der Waals surface area contributed by atoms with E-state index in [1.807, 2.05) is 0 Å². The Labute approximate surface area is 119 Å². The minimum Gasteiger partial charge on any atom is -0.340 e. The molecule has 0 aromatic heterocycles. The Balaban J connectivity index is 1.89. The van der Waals surface area contributed by atoms with E-state index in [-0.39, 0.29) is 11.7 Å². The van der Waals surface area contributed by atoms with Gasteiger partial charge in [0.1, 0.15) is 5.82 Å². The van der Waals surface area contributed by atoms with Gasteiger partial charge in [0.05, 0.1) is 0 Å². The van der Waals surface area contributed by atoms with Crippen LogP contribution in [-0.4, -0.2) is 62.0 Å². The Kier molecular flexibility index (Phi) is 5.09. The van der Waals surface area contributed by atoms with Gasteiger partial charge in [0.15, 0.2) is 0 Å². The lowest BCUT2D eigenvalue weighted by Crippen LogP contribution is -2.46. The highest BCUT2D eigenvalue weighted by atomic mass is 19.1. The van der Waals surface area contributed by atoms with Gasteiger partial charge in [-0.2, -0.15) is 0 Å². The quantitative estimate of drug-likeness (QED) is 0.897. The van der Waals surface area contributed by atoms with Crippen molar-refractivity contribution >= 4 is 5.91 Å². The summed E-state index contributed by atoms with van der Waals surface area (Å²) in [7, 11) is 1.79. The number of rotatable bonds is 4. The average molecular weight is 279 g/mol. The van der Waals surface area contributed by atoms with Crippen molar-refractivity contribution in [3.63, 3.8) is 0 Å². The predicted molar refractivity (Wildman–Crippen MR) is 77.4 cm³/mol. The molecule has 1 aliphatic heterocycles. The van der Waals surface area contributed by atoms with Crippen molar-refractivity contribution in [3.8, 4) is 0 Å². The first-order chi connectivity index (χ1) is 9.58. The van der Waals surface area contributed by atoms with Crippen LogP contribution < -0.4 is 5.32 Å². The summed E-state index contributed by atoms with van der Waals surface area (Å²) < 4.78 is 13.2. The first-order valence-corrected chi connectivity index (χ1v) is 7.02. The van der Waals surface area contributed by atoms with Gasteiger partial charge in [0, 0.05) is 51.9 Å². The number of halogens is 1. The predicted octanol–water partition coefficient (Wildman–Crippen LogP) is 1.11. The Morgan fingerprint density at radius 1 is 1.40 bits per heavy atom. The van der Waals surface area contributed by atoms with Crippen LogP contribution in [0.15, 0.2) is 18.2 Å². The number of piperazine rings is 1. The molecule has 1 N–H and O–H groups in total. The van der Waals surface area contributed by atoms with E-state index in [1.165, 1.54) is 6.07 Å². The second-order valence-corrected chi connectivity index (χ2v) is 5.28. The zero-order valence-corrected chi connectivity index (χ0v) is 12.2. The summed E-state index contributed by atoms with van der Waals surface area (Å²) in [6.07, 6.45) is 0. The third kappa shape index (κ3) is 3.77. The number of carbonyl (C=O) groups excluding carboxylic acids is 1. The number of hydrogen-bond acceptors (Lipinski definition) is 3. The molecule has 1 aromatic carbocycles. The van der Waals surface area contributed by atoms with Crippen molar-refractivity contribution in [2.75, 3.05) is 46.3 Å². The SMILES string of the molecule is Cc1cc(C(=O)N(C)CCN2CCNCC2)ccc1F. The van der Waals surface area contributed by atoms with E-state index in [9.17, 15) is 9.18 Å². The molecule has 0 spiro atoms. The summed E-state index contributed by atoms with van der Waals surface area (Å²) in [5.41, 5.74) is 1.05. The monoisotopic (exact) mass is 279 g/mol. The van der Waals surface area contributed by atoms with Crippen molar-refractivity contribution < 1.29 is 9.18 Å². The molecule has 5 heteroatoms. The largest absolute Gasteiger partial charge is 0.340 e. The highest BCUT2D eigenvalue weighted by Gasteiger charge is 2.15. The fraction of sp³-hybridized carbons (Fsp3) is 0.533. The van der Waals surface area contributed by atoms with Crippen LogP contribution in [0, 0.1) is 12.7 Å². The number of aryl methyl sites for hydroxylation is 1. The molecule has 1 aliphatic rings. The van der Waals surface area contributed by atoms with Crippen molar-refractivity contribution in [1.82, 2.24) is 15.1 Å². The molecular weight excluding hydrogens is 257 g/mol. The number of amides is 1. The van der Waals surface area contributed by atoms with E-state index in [4.69, 9.17) is 0 Å². The Hall–Kier alpha value is -1.46. The Morgan fingerprint density at radius 3 is 2.75 bits per heavy atom. The summed E-state index contributed by atoms with van der Waals surface area (Å²) in [6.45, 7) is 7.31. The zero-order chi connectivity index (χ0) is 14.5. The minimum atomic E-state index is -0.273. The molecule has 1 amide bonds. The molecule has 0 unspecified atom stereocenters. The van der Waals surface area contributed by atoms with Crippen LogP contribution in [0.1, 0.15) is 15.9 Å². The maximum absolute atomic E-state index is 13.2. The maximum atomic E-state index is 13.2. The van der Waals surface area contributed by atoms with Crippen LogP contribution in [0.4, 0.5) is 4.39 Å². The fourth-order valence-corrected chi connectivity index (χ4v) is 2.33. The third-order valence-corrected chi connectivity index (χ3v) is 3.71. The molecule has 1 saturated heterocycles. The molecule has 0 bridgehead atoms. The highest BCUT2D eigenvalue weighted by molar-refractivity contribution is 5.94. The van der Waals surface area contributed by atoms with Gasteiger partial charge >= 0.3 is 0 Å². The molecule has 4 nitrogen and oxygen atoms in total. The van der Waals surface area contributed by atoms with Crippen LogP contribution >= 0.6 is 0 Å². The lowest BCUT2D eigenvalue weighted by Gasteiger charge is -2.29. The standard InChI is InChI=1S/C15H22FN3O/c1-12-11-13(3-4-14(12)16)15(20)18(2)9-10-19-7-5-17-6-8-19/h3-4,11,17H,5-10H2,1-2H3. The highest BCUT2D eigenvalue weighted by Crippen LogP contribution is 2.11. The van der Waals surface area contributed by atoms with Crippen LogP contribution in [-0.2, 0) is 0 Å². The van der Waals surface area contributed by atoms with Gasteiger partial charge in [-0.25, -0.2) is 4.39 Å². The summed E-state index contributed by atoms with van der Waals surface area (Å²) in [5.74, 6) is -0.326. The minimum absolute atomic E-state index is 0.0526. The number of nitrogens with one attached hydrogen (secondary N) is 1. The average Bonchev–Trinajstić information content (AvgIpc) is 2.48. The van der Waals surface area contributed by atoms with Gasteiger partial charge in [-0.15, -0.1) is 0 Å². The number of nitrogens with zero attached hydrogens (tertiary/aromatic N) is 2. The molecule has 0 atom stereocenters. The van der Waals surface area contributed by atoms with E-state index < -0.39 is 0 Å². The first kappa shape index (κ1) is 14.9. The van der Waals surface area contributed by atoms with Crippen LogP contribution in [0.25, 0.3) is 0 Å². The number of hydrogen-bond donors (Lipinski definition) is 1. The molecule has 1 fully saturated rings. The summed E-state index contributed by atoms with van der Waals surface area (Å²) in [5, 5.41) is 3.30. The Morgan fingerprint density at radius 2 is 2.10 bits per heavy atom. The van der Waals surface area contributed by atoms with Gasteiger partial charge in [-0.1, -0.05) is 0 Å². The Bertz CT molecular complexity index is 472. The molecule has 110 valence electrons. The van der Waals surface area contributed by atoms with E-state index in [0.717, 1.165) is 32.7 Å². The van der Waals surface area contributed by atoms with Crippen LogP contribution in [0.3, 0.4) is 0 Å². The van der Waals surface area contributed by atoms with Gasteiger partial charge in [0.2, 0.25) is 0 Å². The molecule has 20 heavy (non-hydrogen) atoms. The van der Waals surface area contributed by atoms with Crippen molar-refractivity contribution in [2.24, 2.45) is 0 Å². The molecule has 2 rings (SSSR count). The number of likely N-dealkylation sites (N-methyl/N-ethyl adjacent to an activating group) is 1. The lowest BCUT2D eigenvalue weighted by molar-refractivity contribution is 0.0774. The molecule has 1 heterocycles. The van der Waals surface area contributed by atoms with Gasteiger partial charge in [-0.3, -0.25) is 9.69 Å². The topological polar surface area (TPSA) is 35.6 Å². The maximum Gasteiger partial charge on any atom is 0.253 e. The molecular formula is C15H22FN3O. The van der Waals surface area contributed by atoms with Crippen molar-refractivity contribution in [2.45, 2.75) is 6.92 Å². The number of carbonyl (C=O) groups is 1. The molecule has 0 aliphatic carbocycles. The summed E-state index contributed by atoms with van der Waals surface area (Å²) >= 11 is 0. The lowest BCUT2D eigenvalue weighted by atomic mass is 10.1. The fourth-order valence-electron chi connectivity index (χ4n) is 2.33. The molecule has 0 saturated carbocycles. The number of benzene rings is 1. The third-order valence-electron chi connectivity index (χ3n) is 3.71. The van der Waals surface area contributed by atoms with E-state index in [2.05, 4.69) is 10.2 Å². The second-order valence-electron chi connectivity index (χ2n) is 5.28.